The largest absolute Gasteiger partial charge is 0.481 e. The number of hydrogen-bond donors (Lipinski definition) is 2. The number of likely N-dealkylation sites (tertiary alicyclic amines) is 1. The van der Waals surface area contributed by atoms with E-state index in [0.717, 1.165) is 30.5 Å². The number of aliphatic carboxylic acids is 1. The molecule has 0 spiro atoms. The standard InChI is InChI=1S/C35H38N2O4/c38-34(39)30-20-23-8-7-15-32(23)37(33(30)22-16-18-25(19-17-22)36-24-9-1-2-10-24)35(40)41-21-31-28-13-5-3-11-26(28)27-12-4-6-14-29(27)31/h3-6,11-14,16-19,23-24,30-33,36H,1-2,7-10,15,20-21H2,(H,38,39). The third-order valence-electron chi connectivity index (χ3n) is 10.1. The number of carbonyl (C=O) groups excluding carboxylic acids is 1. The van der Waals surface area contributed by atoms with E-state index >= 15 is 0 Å². The molecule has 1 aliphatic heterocycles. The quantitative estimate of drug-likeness (QED) is 0.330. The minimum atomic E-state index is -0.843. The molecule has 0 bridgehead atoms. The number of carboxylic acid groups (broad SMARTS) is 1. The number of carbonyl (C=O) groups is 2. The lowest BCUT2D eigenvalue weighted by Gasteiger charge is -2.46. The van der Waals surface area contributed by atoms with Gasteiger partial charge in [0.25, 0.3) is 0 Å². The van der Waals surface area contributed by atoms with Crippen molar-refractivity contribution in [3.63, 3.8) is 0 Å². The predicted octanol–water partition coefficient (Wildman–Crippen LogP) is 7.61. The lowest BCUT2D eigenvalue weighted by Crippen LogP contribution is -2.53. The number of amides is 1. The predicted molar refractivity (Wildman–Crippen MR) is 159 cm³/mol. The Kier molecular flexibility index (Phi) is 6.93. The molecule has 6 heteroatoms. The van der Waals surface area contributed by atoms with Crippen molar-refractivity contribution in [3.8, 4) is 11.1 Å². The third-order valence-corrected chi connectivity index (χ3v) is 10.1. The third kappa shape index (κ3) is 4.77. The first-order valence-electron chi connectivity index (χ1n) is 15.3. The monoisotopic (exact) mass is 550 g/mol. The Bertz CT molecular complexity index is 1380. The SMILES string of the molecule is O=C(O)C1CC2CCCC2N(C(=O)OCC2c3ccccc3-c3ccccc32)C1c1ccc(NC2CCCC2)cc1. The van der Waals surface area contributed by atoms with Gasteiger partial charge in [0.05, 0.1) is 12.0 Å². The average Bonchev–Trinajstić information content (AvgIpc) is 3.75. The Labute approximate surface area is 241 Å². The van der Waals surface area contributed by atoms with Gasteiger partial charge >= 0.3 is 12.1 Å². The molecule has 4 unspecified atom stereocenters. The maximum absolute atomic E-state index is 14.1. The van der Waals surface area contributed by atoms with Crippen molar-refractivity contribution in [2.45, 2.75) is 75.4 Å². The first kappa shape index (κ1) is 26.1. The maximum atomic E-state index is 14.1. The minimum Gasteiger partial charge on any atom is -0.481 e. The number of nitrogens with one attached hydrogen (secondary N) is 1. The van der Waals surface area contributed by atoms with Crippen molar-refractivity contribution in [2.24, 2.45) is 11.8 Å². The zero-order valence-electron chi connectivity index (χ0n) is 23.4. The molecule has 4 aliphatic rings. The highest BCUT2D eigenvalue weighted by Crippen LogP contribution is 2.49. The van der Waals surface area contributed by atoms with Crippen LogP contribution in [0.25, 0.3) is 11.1 Å². The van der Waals surface area contributed by atoms with E-state index in [2.05, 4.69) is 29.6 Å². The van der Waals surface area contributed by atoms with E-state index in [1.54, 1.807) is 0 Å². The van der Waals surface area contributed by atoms with Crippen molar-refractivity contribution in [3.05, 3.63) is 89.5 Å². The second kappa shape index (κ2) is 10.9. The summed E-state index contributed by atoms with van der Waals surface area (Å²) < 4.78 is 6.16. The number of fused-ring (bicyclic) bond motifs is 4. The van der Waals surface area contributed by atoms with Crippen LogP contribution in [0.15, 0.2) is 72.8 Å². The van der Waals surface area contributed by atoms with E-state index in [4.69, 9.17) is 4.74 Å². The Hall–Kier alpha value is -3.80. The van der Waals surface area contributed by atoms with Gasteiger partial charge in [0.1, 0.15) is 6.61 Å². The number of carboxylic acids is 1. The fourth-order valence-electron chi connectivity index (χ4n) is 8.14. The molecule has 3 aliphatic carbocycles. The first-order chi connectivity index (χ1) is 20.1. The van der Waals surface area contributed by atoms with Crippen LogP contribution in [0.2, 0.25) is 0 Å². The van der Waals surface area contributed by atoms with Gasteiger partial charge in [0.15, 0.2) is 0 Å². The first-order valence-corrected chi connectivity index (χ1v) is 15.3. The summed E-state index contributed by atoms with van der Waals surface area (Å²) in [7, 11) is 0. The van der Waals surface area contributed by atoms with Gasteiger partial charge in [0, 0.05) is 23.7 Å². The molecule has 3 fully saturated rings. The Balaban J connectivity index is 1.17. The second-order valence-electron chi connectivity index (χ2n) is 12.3. The van der Waals surface area contributed by atoms with E-state index in [1.165, 1.54) is 47.9 Å². The van der Waals surface area contributed by atoms with Crippen LogP contribution in [0.3, 0.4) is 0 Å². The van der Waals surface area contributed by atoms with Crippen molar-refractivity contribution in [1.29, 1.82) is 0 Å². The zero-order valence-corrected chi connectivity index (χ0v) is 23.4. The average molecular weight is 551 g/mol. The molecule has 1 heterocycles. The van der Waals surface area contributed by atoms with Gasteiger partial charge < -0.3 is 15.2 Å². The van der Waals surface area contributed by atoms with Crippen LogP contribution in [-0.4, -0.2) is 40.8 Å². The number of rotatable bonds is 6. The van der Waals surface area contributed by atoms with Crippen LogP contribution in [0.4, 0.5) is 10.5 Å². The molecular weight excluding hydrogens is 512 g/mol. The normalized spacial score (nSPS) is 25.4. The van der Waals surface area contributed by atoms with Crippen molar-refractivity contribution >= 4 is 17.7 Å². The molecule has 7 rings (SSSR count). The molecule has 0 aromatic heterocycles. The fraction of sp³-hybridized carbons (Fsp3) is 0.429. The maximum Gasteiger partial charge on any atom is 0.410 e. The van der Waals surface area contributed by atoms with Gasteiger partial charge in [0.2, 0.25) is 0 Å². The fourth-order valence-corrected chi connectivity index (χ4v) is 8.14. The summed E-state index contributed by atoms with van der Waals surface area (Å²) in [6, 6.07) is 24.7. The Morgan fingerprint density at radius 1 is 0.829 bits per heavy atom. The summed E-state index contributed by atoms with van der Waals surface area (Å²) in [5.74, 6) is -1.35. The summed E-state index contributed by atoms with van der Waals surface area (Å²) in [5, 5.41) is 14.0. The van der Waals surface area contributed by atoms with Crippen molar-refractivity contribution in [1.82, 2.24) is 4.90 Å². The Morgan fingerprint density at radius 2 is 1.49 bits per heavy atom. The molecule has 0 radical (unpaired) electrons. The molecule has 6 nitrogen and oxygen atoms in total. The van der Waals surface area contributed by atoms with Gasteiger partial charge in [-0.1, -0.05) is 79.9 Å². The highest BCUT2D eigenvalue weighted by atomic mass is 16.6. The molecule has 41 heavy (non-hydrogen) atoms. The topological polar surface area (TPSA) is 78.9 Å². The zero-order chi connectivity index (χ0) is 27.9. The summed E-state index contributed by atoms with van der Waals surface area (Å²) in [6.45, 7) is 0.232. The number of benzene rings is 3. The van der Waals surface area contributed by atoms with E-state index in [-0.39, 0.29) is 24.5 Å². The molecule has 3 aromatic rings. The summed E-state index contributed by atoms with van der Waals surface area (Å²) in [4.78, 5) is 28.5. The van der Waals surface area contributed by atoms with E-state index in [9.17, 15) is 14.7 Å². The molecular formula is C35H38N2O4. The van der Waals surface area contributed by atoms with Crippen LogP contribution in [0, 0.1) is 11.8 Å². The van der Waals surface area contributed by atoms with Gasteiger partial charge in [-0.05, 0) is 78.0 Å². The van der Waals surface area contributed by atoms with Gasteiger partial charge in [-0.15, -0.1) is 0 Å². The smallest absolute Gasteiger partial charge is 0.410 e. The minimum absolute atomic E-state index is 0.00235. The van der Waals surface area contributed by atoms with Gasteiger partial charge in [-0.3, -0.25) is 9.69 Å². The summed E-state index contributed by atoms with van der Waals surface area (Å²) in [5.41, 5.74) is 6.64. The van der Waals surface area contributed by atoms with Crippen LogP contribution in [-0.2, 0) is 9.53 Å². The lowest BCUT2D eigenvalue weighted by molar-refractivity contribution is -0.148. The number of piperidine rings is 1. The molecule has 1 saturated heterocycles. The van der Waals surface area contributed by atoms with E-state index < -0.39 is 24.0 Å². The van der Waals surface area contributed by atoms with E-state index in [0.29, 0.717) is 12.5 Å². The van der Waals surface area contributed by atoms with Crippen LogP contribution in [0.5, 0.6) is 0 Å². The molecule has 212 valence electrons. The number of hydrogen-bond acceptors (Lipinski definition) is 4. The molecule has 2 saturated carbocycles. The lowest BCUT2D eigenvalue weighted by atomic mass is 9.77. The van der Waals surface area contributed by atoms with Crippen molar-refractivity contribution < 1.29 is 19.4 Å². The second-order valence-corrected chi connectivity index (χ2v) is 12.3. The number of nitrogens with zero attached hydrogens (tertiary/aromatic N) is 1. The number of anilines is 1. The number of ether oxygens (including phenoxy) is 1. The van der Waals surface area contributed by atoms with Gasteiger partial charge in [-0.2, -0.15) is 0 Å². The van der Waals surface area contributed by atoms with Crippen molar-refractivity contribution in [2.75, 3.05) is 11.9 Å². The molecule has 1 amide bonds. The molecule has 4 atom stereocenters. The molecule has 2 N–H and O–H groups in total. The summed E-state index contributed by atoms with van der Waals surface area (Å²) >= 11 is 0. The molecule has 3 aromatic carbocycles. The highest BCUT2D eigenvalue weighted by molar-refractivity contribution is 5.79. The van der Waals surface area contributed by atoms with Crippen LogP contribution >= 0.6 is 0 Å². The highest BCUT2D eigenvalue weighted by Gasteiger charge is 2.50. The Morgan fingerprint density at radius 3 is 2.15 bits per heavy atom. The van der Waals surface area contributed by atoms with Gasteiger partial charge in [-0.25, -0.2) is 4.79 Å². The van der Waals surface area contributed by atoms with E-state index in [1.807, 2.05) is 53.4 Å². The summed E-state index contributed by atoms with van der Waals surface area (Å²) in [6.07, 6.45) is 7.94. The van der Waals surface area contributed by atoms with Crippen LogP contribution in [0.1, 0.15) is 80.0 Å². The van der Waals surface area contributed by atoms with Crippen LogP contribution < -0.4 is 5.32 Å².